The normalized spacial score (nSPS) is 16.8. The van der Waals surface area contributed by atoms with Gasteiger partial charge in [0.15, 0.2) is 0 Å². The third-order valence-electron chi connectivity index (χ3n) is 4.17. The Hall–Kier alpha value is -2.26. The molecule has 132 valence electrons. The fraction of sp³-hybridized carbons (Fsp3) is 0.600. The summed E-state index contributed by atoms with van der Waals surface area (Å²) in [6, 6.07) is 3.85. The summed E-state index contributed by atoms with van der Waals surface area (Å²) in [4.78, 5) is 23.0. The van der Waals surface area contributed by atoms with E-state index in [4.69, 9.17) is 4.74 Å². The van der Waals surface area contributed by atoms with E-state index < -0.39 is 9.85 Å². The monoisotopic (exact) mass is 338 g/mol. The molecule has 1 aliphatic rings. The molecule has 0 radical (unpaired) electrons. The molecule has 9 heteroatoms. The highest BCUT2D eigenvalue weighted by molar-refractivity contribution is 5.65. The number of non-ortho nitro benzene ring substituents is 1. The summed E-state index contributed by atoms with van der Waals surface area (Å²) in [5.41, 5.74) is -0.279. The third kappa shape index (κ3) is 4.39. The number of hydrogen-bond donors (Lipinski definition) is 1. The van der Waals surface area contributed by atoms with E-state index >= 15 is 0 Å². The van der Waals surface area contributed by atoms with Gasteiger partial charge in [0.1, 0.15) is 5.69 Å². The first-order valence-electron chi connectivity index (χ1n) is 7.88. The van der Waals surface area contributed by atoms with Gasteiger partial charge in [-0.3, -0.25) is 25.1 Å². The Kier molecular flexibility index (Phi) is 6.04. The zero-order chi connectivity index (χ0) is 17.7. The van der Waals surface area contributed by atoms with E-state index in [9.17, 15) is 20.2 Å². The predicted molar refractivity (Wildman–Crippen MR) is 89.3 cm³/mol. The van der Waals surface area contributed by atoms with Gasteiger partial charge in [0.05, 0.1) is 29.1 Å². The Morgan fingerprint density at radius 3 is 2.42 bits per heavy atom. The Labute approximate surface area is 139 Å². The molecular formula is C15H22N4O5. The molecule has 1 saturated heterocycles. The number of anilines is 1. The van der Waals surface area contributed by atoms with Crippen LogP contribution in [0.4, 0.5) is 17.1 Å². The highest BCUT2D eigenvalue weighted by Gasteiger charge is 2.25. The molecule has 0 aliphatic carbocycles. The van der Waals surface area contributed by atoms with Crippen LogP contribution in [0.2, 0.25) is 0 Å². The summed E-state index contributed by atoms with van der Waals surface area (Å²) in [5.74, 6) is 0.354. The van der Waals surface area contributed by atoms with Gasteiger partial charge in [-0.1, -0.05) is 13.8 Å². The van der Waals surface area contributed by atoms with Crippen molar-refractivity contribution in [2.24, 2.45) is 5.92 Å². The Balaban J connectivity index is 2.13. The number of nitrogens with one attached hydrogen (secondary N) is 1. The van der Waals surface area contributed by atoms with Gasteiger partial charge in [0.2, 0.25) is 0 Å². The minimum absolute atomic E-state index is 0.198. The second kappa shape index (κ2) is 8.02. The zero-order valence-corrected chi connectivity index (χ0v) is 13.8. The quantitative estimate of drug-likeness (QED) is 0.599. The molecule has 0 saturated carbocycles. The van der Waals surface area contributed by atoms with Crippen LogP contribution in [0, 0.1) is 26.1 Å². The van der Waals surface area contributed by atoms with Crippen molar-refractivity contribution in [2.45, 2.75) is 19.9 Å². The lowest BCUT2D eigenvalue weighted by atomic mass is 10.0. The number of hydrogen-bond acceptors (Lipinski definition) is 7. The van der Waals surface area contributed by atoms with Crippen molar-refractivity contribution in [1.29, 1.82) is 0 Å². The topological polar surface area (TPSA) is 111 Å². The van der Waals surface area contributed by atoms with Gasteiger partial charge in [0.25, 0.3) is 11.4 Å². The van der Waals surface area contributed by atoms with Crippen LogP contribution in [0.15, 0.2) is 18.2 Å². The molecule has 1 N–H and O–H groups in total. The molecule has 0 aromatic heterocycles. The third-order valence-corrected chi connectivity index (χ3v) is 4.17. The van der Waals surface area contributed by atoms with Crippen LogP contribution in [0.1, 0.15) is 13.8 Å². The highest BCUT2D eigenvalue weighted by atomic mass is 16.6. The largest absolute Gasteiger partial charge is 0.379 e. The number of nitrogens with zero attached hydrogens (tertiary/aromatic N) is 3. The Morgan fingerprint density at radius 1 is 1.21 bits per heavy atom. The lowest BCUT2D eigenvalue weighted by Crippen LogP contribution is -2.49. The molecule has 1 aromatic rings. The second-order valence-electron chi connectivity index (χ2n) is 6.06. The first kappa shape index (κ1) is 18.1. The molecule has 1 atom stereocenters. The number of nitro benzene ring substituents is 2. The van der Waals surface area contributed by atoms with E-state index in [-0.39, 0.29) is 17.4 Å². The fourth-order valence-electron chi connectivity index (χ4n) is 2.84. The van der Waals surface area contributed by atoms with Crippen LogP contribution in [0.25, 0.3) is 0 Å². The van der Waals surface area contributed by atoms with Gasteiger partial charge >= 0.3 is 0 Å². The molecule has 0 bridgehead atoms. The maximum Gasteiger partial charge on any atom is 0.299 e. The van der Waals surface area contributed by atoms with E-state index in [0.29, 0.717) is 31.4 Å². The van der Waals surface area contributed by atoms with Gasteiger partial charge < -0.3 is 10.1 Å². The first-order valence-corrected chi connectivity index (χ1v) is 7.88. The average molecular weight is 338 g/mol. The van der Waals surface area contributed by atoms with E-state index in [1.54, 1.807) is 0 Å². The van der Waals surface area contributed by atoms with Crippen LogP contribution in [0.5, 0.6) is 0 Å². The number of nitro groups is 2. The minimum atomic E-state index is -0.637. The summed E-state index contributed by atoms with van der Waals surface area (Å²) < 4.78 is 5.36. The molecule has 1 aromatic carbocycles. The summed E-state index contributed by atoms with van der Waals surface area (Å²) in [5, 5.41) is 25.1. The van der Waals surface area contributed by atoms with E-state index in [1.807, 2.05) is 0 Å². The molecule has 0 amide bonds. The summed E-state index contributed by atoms with van der Waals surface area (Å²) in [7, 11) is 0. The molecule has 2 rings (SSSR count). The van der Waals surface area contributed by atoms with E-state index in [1.165, 1.54) is 12.1 Å². The van der Waals surface area contributed by atoms with Crippen LogP contribution >= 0.6 is 0 Å². The molecule has 1 heterocycles. The molecule has 24 heavy (non-hydrogen) atoms. The van der Waals surface area contributed by atoms with Gasteiger partial charge in [-0.2, -0.15) is 0 Å². The van der Waals surface area contributed by atoms with Gasteiger partial charge in [-0.25, -0.2) is 0 Å². The van der Waals surface area contributed by atoms with Crippen molar-refractivity contribution in [1.82, 2.24) is 4.90 Å². The molecule has 1 unspecified atom stereocenters. The van der Waals surface area contributed by atoms with Crippen molar-refractivity contribution in [3.63, 3.8) is 0 Å². The Bertz CT molecular complexity index is 602. The lowest BCUT2D eigenvalue weighted by Gasteiger charge is -2.37. The molecular weight excluding hydrogens is 316 g/mol. The summed E-state index contributed by atoms with van der Waals surface area (Å²) >= 11 is 0. The Morgan fingerprint density at radius 2 is 1.88 bits per heavy atom. The minimum Gasteiger partial charge on any atom is -0.379 e. The average Bonchev–Trinajstić information content (AvgIpc) is 2.55. The number of benzene rings is 1. The number of ether oxygens (including phenoxy) is 1. The first-order chi connectivity index (χ1) is 11.4. The molecule has 1 fully saturated rings. The van der Waals surface area contributed by atoms with Crippen LogP contribution in [0.3, 0.4) is 0 Å². The highest BCUT2D eigenvalue weighted by Crippen LogP contribution is 2.29. The second-order valence-corrected chi connectivity index (χ2v) is 6.06. The van der Waals surface area contributed by atoms with Gasteiger partial charge in [-0.15, -0.1) is 0 Å². The van der Waals surface area contributed by atoms with Crippen molar-refractivity contribution >= 4 is 17.1 Å². The smallest absolute Gasteiger partial charge is 0.299 e. The van der Waals surface area contributed by atoms with Crippen LogP contribution < -0.4 is 5.32 Å². The lowest BCUT2D eigenvalue weighted by molar-refractivity contribution is -0.393. The van der Waals surface area contributed by atoms with Crippen LogP contribution in [-0.2, 0) is 4.74 Å². The standard InChI is InChI=1S/C15H22N4O5/c1-11(2)15(17-5-7-24-8-6-17)10-16-13-4-3-12(18(20)21)9-14(13)19(22)23/h3-4,9,11,15-16H,5-8,10H2,1-2H3. The molecule has 1 aliphatic heterocycles. The van der Waals surface area contributed by atoms with Crippen molar-refractivity contribution in [3.8, 4) is 0 Å². The predicted octanol–water partition coefficient (Wildman–Crippen LogP) is 2.27. The molecule has 0 spiro atoms. The van der Waals surface area contributed by atoms with Gasteiger partial charge in [-0.05, 0) is 12.0 Å². The maximum absolute atomic E-state index is 11.2. The maximum atomic E-state index is 11.2. The number of morpholine rings is 1. The fourth-order valence-corrected chi connectivity index (χ4v) is 2.84. The van der Waals surface area contributed by atoms with Crippen molar-refractivity contribution < 1.29 is 14.6 Å². The van der Waals surface area contributed by atoms with Crippen LogP contribution in [-0.4, -0.2) is 53.6 Å². The van der Waals surface area contributed by atoms with Crippen molar-refractivity contribution in [3.05, 3.63) is 38.4 Å². The van der Waals surface area contributed by atoms with Crippen molar-refractivity contribution in [2.75, 3.05) is 38.2 Å². The number of rotatable bonds is 7. The summed E-state index contributed by atoms with van der Waals surface area (Å²) in [6.07, 6.45) is 0. The molecule has 9 nitrogen and oxygen atoms in total. The zero-order valence-electron chi connectivity index (χ0n) is 13.8. The SMILES string of the molecule is CC(C)C(CNc1ccc([N+](=O)[O-])cc1[N+](=O)[O-])N1CCOCC1. The summed E-state index contributed by atoms with van der Waals surface area (Å²) in [6.45, 7) is 7.75. The van der Waals surface area contributed by atoms with E-state index in [2.05, 4.69) is 24.1 Å². The van der Waals surface area contributed by atoms with Gasteiger partial charge in [0, 0.05) is 31.7 Å². The van der Waals surface area contributed by atoms with E-state index in [0.717, 1.165) is 19.2 Å².